The molecule has 5 heteroatoms. The van der Waals surface area contributed by atoms with Crippen LogP contribution in [0.3, 0.4) is 0 Å². The van der Waals surface area contributed by atoms with E-state index in [0.29, 0.717) is 6.54 Å². The number of nitrogens with one attached hydrogen (secondary N) is 1. The molecule has 0 aliphatic carbocycles. The third kappa shape index (κ3) is 4.78. The van der Waals surface area contributed by atoms with E-state index in [1.807, 2.05) is 12.1 Å². The molecule has 0 aliphatic rings. The summed E-state index contributed by atoms with van der Waals surface area (Å²) in [4.78, 5) is 0.279. The number of rotatable bonds is 5. The van der Waals surface area contributed by atoms with Gasteiger partial charge in [-0.05, 0) is 23.1 Å². The Labute approximate surface area is 115 Å². The van der Waals surface area contributed by atoms with Gasteiger partial charge in [0.05, 0.1) is 4.90 Å². The molecule has 1 aromatic carbocycles. The van der Waals surface area contributed by atoms with Crippen molar-refractivity contribution < 1.29 is 8.42 Å². The van der Waals surface area contributed by atoms with Crippen LogP contribution in [0.4, 0.5) is 0 Å². The van der Waals surface area contributed by atoms with Crippen LogP contribution in [0.15, 0.2) is 41.3 Å². The predicted molar refractivity (Wildman–Crippen MR) is 78.5 cm³/mol. The SMILES string of the molecule is CC(C)(C)c1ccc(S(=O)(=O)NC/C=C/CN)cc1. The van der Waals surface area contributed by atoms with Crippen LogP contribution in [-0.2, 0) is 15.4 Å². The number of nitrogens with two attached hydrogens (primary N) is 1. The monoisotopic (exact) mass is 282 g/mol. The Kier molecular flexibility index (Phi) is 5.29. The van der Waals surface area contributed by atoms with Crippen molar-refractivity contribution in [3.8, 4) is 0 Å². The lowest BCUT2D eigenvalue weighted by Crippen LogP contribution is -2.24. The Morgan fingerprint density at radius 3 is 2.21 bits per heavy atom. The molecule has 0 amide bonds. The molecule has 0 unspecified atom stereocenters. The van der Waals surface area contributed by atoms with Crippen molar-refractivity contribution in [3.05, 3.63) is 42.0 Å². The van der Waals surface area contributed by atoms with E-state index in [1.54, 1.807) is 24.3 Å². The van der Waals surface area contributed by atoms with Crippen LogP contribution in [0.1, 0.15) is 26.3 Å². The lowest BCUT2D eigenvalue weighted by molar-refractivity contribution is 0.581. The first-order valence-electron chi connectivity index (χ1n) is 6.22. The molecule has 0 fully saturated rings. The summed E-state index contributed by atoms with van der Waals surface area (Å²) < 4.78 is 26.5. The van der Waals surface area contributed by atoms with Gasteiger partial charge < -0.3 is 5.73 Å². The number of benzene rings is 1. The Morgan fingerprint density at radius 1 is 1.16 bits per heavy atom. The van der Waals surface area contributed by atoms with E-state index >= 15 is 0 Å². The third-order valence-corrected chi connectivity index (χ3v) is 4.16. The summed E-state index contributed by atoms with van der Waals surface area (Å²) in [7, 11) is -3.45. The summed E-state index contributed by atoms with van der Waals surface area (Å²) in [5.41, 5.74) is 6.40. The molecular formula is C14H22N2O2S. The van der Waals surface area contributed by atoms with E-state index in [4.69, 9.17) is 5.73 Å². The summed E-state index contributed by atoms with van der Waals surface area (Å²) in [6.07, 6.45) is 3.41. The van der Waals surface area contributed by atoms with E-state index in [2.05, 4.69) is 25.5 Å². The van der Waals surface area contributed by atoms with E-state index in [1.165, 1.54) is 0 Å². The van der Waals surface area contributed by atoms with E-state index < -0.39 is 10.0 Å². The highest BCUT2D eigenvalue weighted by molar-refractivity contribution is 7.89. The molecule has 4 nitrogen and oxygen atoms in total. The minimum absolute atomic E-state index is 0.0135. The Balaban J connectivity index is 2.82. The highest BCUT2D eigenvalue weighted by Crippen LogP contribution is 2.23. The Morgan fingerprint density at radius 2 is 1.74 bits per heavy atom. The average molecular weight is 282 g/mol. The second-order valence-corrected chi connectivity index (χ2v) is 7.10. The smallest absolute Gasteiger partial charge is 0.240 e. The summed E-state index contributed by atoms with van der Waals surface area (Å²) in [6.45, 7) is 6.92. The van der Waals surface area contributed by atoms with Crippen molar-refractivity contribution in [1.82, 2.24) is 4.72 Å². The molecule has 0 radical (unpaired) electrons. The molecule has 19 heavy (non-hydrogen) atoms. The van der Waals surface area contributed by atoms with E-state index in [9.17, 15) is 8.42 Å². The second-order valence-electron chi connectivity index (χ2n) is 5.33. The highest BCUT2D eigenvalue weighted by atomic mass is 32.2. The molecule has 3 N–H and O–H groups in total. The molecule has 0 aromatic heterocycles. The van der Waals surface area contributed by atoms with Crippen LogP contribution in [0.25, 0.3) is 0 Å². The normalized spacial score (nSPS) is 13.1. The zero-order valence-electron chi connectivity index (χ0n) is 11.7. The number of hydrogen-bond donors (Lipinski definition) is 2. The topological polar surface area (TPSA) is 72.2 Å². The number of sulfonamides is 1. The molecule has 0 saturated heterocycles. The molecule has 0 bridgehead atoms. The van der Waals surface area contributed by atoms with Crippen LogP contribution in [0, 0.1) is 0 Å². The fraction of sp³-hybridized carbons (Fsp3) is 0.429. The fourth-order valence-electron chi connectivity index (χ4n) is 1.55. The summed E-state index contributed by atoms with van der Waals surface area (Å²) >= 11 is 0. The zero-order chi connectivity index (χ0) is 14.5. The average Bonchev–Trinajstić information content (AvgIpc) is 2.34. The lowest BCUT2D eigenvalue weighted by Gasteiger charge is -2.19. The zero-order valence-corrected chi connectivity index (χ0v) is 12.5. The lowest BCUT2D eigenvalue weighted by atomic mass is 9.87. The van der Waals surface area contributed by atoms with Crippen molar-refractivity contribution in [1.29, 1.82) is 0 Å². The molecule has 0 saturated carbocycles. The summed E-state index contributed by atoms with van der Waals surface area (Å²) in [5, 5.41) is 0. The minimum Gasteiger partial charge on any atom is -0.327 e. The predicted octanol–water partition coefficient (Wildman–Crippen LogP) is 1.78. The van der Waals surface area contributed by atoms with Crippen molar-refractivity contribution in [3.63, 3.8) is 0 Å². The minimum atomic E-state index is -3.45. The maximum Gasteiger partial charge on any atom is 0.240 e. The Bertz CT molecular complexity index is 526. The standard InChI is InChI=1S/C14H22N2O2S/c1-14(2,3)12-6-8-13(9-7-12)19(17,18)16-11-5-4-10-15/h4-9,16H,10-11,15H2,1-3H3/b5-4+. The summed E-state index contributed by atoms with van der Waals surface area (Å²) in [5.74, 6) is 0. The van der Waals surface area contributed by atoms with Crippen molar-refractivity contribution >= 4 is 10.0 Å². The molecule has 0 heterocycles. The highest BCUT2D eigenvalue weighted by Gasteiger charge is 2.16. The van der Waals surface area contributed by atoms with Gasteiger partial charge in [0.2, 0.25) is 10.0 Å². The maximum atomic E-state index is 12.0. The molecule has 0 spiro atoms. The quantitative estimate of drug-likeness (QED) is 0.809. The van der Waals surface area contributed by atoms with Crippen molar-refractivity contribution in [2.24, 2.45) is 5.73 Å². The molecule has 0 aliphatic heterocycles. The molecule has 0 atom stereocenters. The van der Waals surface area contributed by atoms with Gasteiger partial charge >= 0.3 is 0 Å². The van der Waals surface area contributed by atoms with Gasteiger partial charge in [0.1, 0.15) is 0 Å². The molecular weight excluding hydrogens is 260 g/mol. The van der Waals surface area contributed by atoms with E-state index in [-0.39, 0.29) is 16.9 Å². The van der Waals surface area contributed by atoms with Crippen LogP contribution >= 0.6 is 0 Å². The van der Waals surface area contributed by atoms with Crippen LogP contribution < -0.4 is 10.5 Å². The molecule has 1 aromatic rings. The summed E-state index contributed by atoms with van der Waals surface area (Å²) in [6, 6.07) is 6.97. The van der Waals surface area contributed by atoms with Gasteiger partial charge in [-0.2, -0.15) is 0 Å². The first-order valence-corrected chi connectivity index (χ1v) is 7.71. The second kappa shape index (κ2) is 6.32. The van der Waals surface area contributed by atoms with Gasteiger partial charge in [0.15, 0.2) is 0 Å². The van der Waals surface area contributed by atoms with Crippen LogP contribution in [0.5, 0.6) is 0 Å². The molecule has 1 rings (SSSR count). The van der Waals surface area contributed by atoms with Gasteiger partial charge in [-0.3, -0.25) is 0 Å². The van der Waals surface area contributed by atoms with Gasteiger partial charge in [0, 0.05) is 13.1 Å². The van der Waals surface area contributed by atoms with Gasteiger partial charge in [0.25, 0.3) is 0 Å². The van der Waals surface area contributed by atoms with E-state index in [0.717, 1.165) is 5.56 Å². The van der Waals surface area contributed by atoms with Gasteiger partial charge in [-0.25, -0.2) is 13.1 Å². The van der Waals surface area contributed by atoms with Crippen LogP contribution in [0.2, 0.25) is 0 Å². The Hall–Kier alpha value is -1.17. The molecule has 106 valence electrons. The maximum absolute atomic E-state index is 12.0. The number of hydrogen-bond acceptors (Lipinski definition) is 3. The first-order chi connectivity index (χ1) is 8.77. The van der Waals surface area contributed by atoms with Crippen molar-refractivity contribution in [2.45, 2.75) is 31.1 Å². The largest absolute Gasteiger partial charge is 0.327 e. The van der Waals surface area contributed by atoms with Crippen molar-refractivity contribution in [2.75, 3.05) is 13.1 Å². The first kappa shape index (κ1) is 15.9. The van der Waals surface area contributed by atoms with Gasteiger partial charge in [-0.15, -0.1) is 0 Å². The van der Waals surface area contributed by atoms with Gasteiger partial charge in [-0.1, -0.05) is 45.1 Å². The third-order valence-electron chi connectivity index (χ3n) is 2.72. The van der Waals surface area contributed by atoms with Crippen LogP contribution in [-0.4, -0.2) is 21.5 Å². The fourth-order valence-corrected chi connectivity index (χ4v) is 2.53.